The summed E-state index contributed by atoms with van der Waals surface area (Å²) in [6.45, 7) is 7.87. The first kappa shape index (κ1) is 17.0. The molecule has 0 aliphatic carbocycles. The number of aromatic nitrogens is 4. The highest BCUT2D eigenvalue weighted by atomic mass is 79.9. The lowest BCUT2D eigenvalue weighted by Gasteiger charge is -2.20. The van der Waals surface area contributed by atoms with Crippen LogP contribution in [-0.2, 0) is 10.3 Å². The van der Waals surface area contributed by atoms with Crippen LogP contribution in [0.15, 0.2) is 33.9 Å². The number of thioether (sulfide) groups is 1. The third kappa shape index (κ3) is 4.30. The number of nitrogens with zero attached hydrogens (tertiary/aromatic N) is 4. The molecule has 2 rings (SSSR count). The van der Waals surface area contributed by atoms with Crippen molar-refractivity contribution in [2.24, 2.45) is 0 Å². The molecular weight excluding hydrogens is 366 g/mol. The fourth-order valence-corrected chi connectivity index (χ4v) is 3.07. The van der Waals surface area contributed by atoms with Gasteiger partial charge in [-0.2, -0.15) is 0 Å². The SMILES string of the molecule is CC(Sc1nnnn1C(C)(C)C)C(=O)Nc1cccc(Br)c1. The summed E-state index contributed by atoms with van der Waals surface area (Å²) in [5.41, 5.74) is 0.522. The lowest BCUT2D eigenvalue weighted by Crippen LogP contribution is -2.27. The van der Waals surface area contributed by atoms with Gasteiger partial charge in [-0.15, -0.1) is 5.10 Å². The number of rotatable bonds is 4. The number of carbonyl (C=O) groups is 1. The van der Waals surface area contributed by atoms with Gasteiger partial charge in [-0.3, -0.25) is 4.79 Å². The Kier molecular flexibility index (Phi) is 5.23. The molecular formula is C14H18BrN5OS. The van der Waals surface area contributed by atoms with Crippen LogP contribution in [0.4, 0.5) is 5.69 Å². The molecule has 1 heterocycles. The van der Waals surface area contributed by atoms with Gasteiger partial charge >= 0.3 is 0 Å². The predicted molar refractivity (Wildman–Crippen MR) is 90.9 cm³/mol. The minimum Gasteiger partial charge on any atom is -0.325 e. The molecule has 1 amide bonds. The molecule has 2 aromatic rings. The number of hydrogen-bond acceptors (Lipinski definition) is 5. The van der Waals surface area contributed by atoms with E-state index in [2.05, 4.69) is 36.8 Å². The van der Waals surface area contributed by atoms with Gasteiger partial charge in [0.2, 0.25) is 11.1 Å². The highest BCUT2D eigenvalue weighted by molar-refractivity contribution is 9.10. The lowest BCUT2D eigenvalue weighted by molar-refractivity contribution is -0.115. The van der Waals surface area contributed by atoms with E-state index in [9.17, 15) is 4.79 Å². The maximum atomic E-state index is 12.3. The molecule has 1 aromatic heterocycles. The van der Waals surface area contributed by atoms with E-state index in [4.69, 9.17) is 0 Å². The largest absolute Gasteiger partial charge is 0.325 e. The number of benzene rings is 1. The topological polar surface area (TPSA) is 72.7 Å². The second-order valence-electron chi connectivity index (χ2n) is 5.80. The van der Waals surface area contributed by atoms with Crippen molar-refractivity contribution in [2.45, 2.75) is 43.6 Å². The van der Waals surface area contributed by atoms with Crippen LogP contribution in [0, 0.1) is 0 Å². The van der Waals surface area contributed by atoms with E-state index in [-0.39, 0.29) is 16.7 Å². The van der Waals surface area contributed by atoms with Gasteiger partial charge in [-0.25, -0.2) is 4.68 Å². The molecule has 0 spiro atoms. The molecule has 0 saturated carbocycles. The molecule has 8 heteroatoms. The van der Waals surface area contributed by atoms with Crippen LogP contribution in [0.1, 0.15) is 27.7 Å². The van der Waals surface area contributed by atoms with E-state index in [1.54, 1.807) is 4.68 Å². The Labute approximate surface area is 142 Å². The summed E-state index contributed by atoms with van der Waals surface area (Å²) in [6.07, 6.45) is 0. The summed E-state index contributed by atoms with van der Waals surface area (Å²) in [6, 6.07) is 7.48. The zero-order chi connectivity index (χ0) is 16.3. The molecule has 0 fully saturated rings. The second kappa shape index (κ2) is 6.78. The first-order chi connectivity index (χ1) is 10.3. The van der Waals surface area contributed by atoms with Crippen LogP contribution in [0.3, 0.4) is 0 Å². The van der Waals surface area contributed by atoms with Gasteiger partial charge in [0.15, 0.2) is 0 Å². The van der Waals surface area contributed by atoms with Crippen LogP contribution in [-0.4, -0.2) is 31.4 Å². The first-order valence-corrected chi connectivity index (χ1v) is 8.46. The number of tetrazole rings is 1. The highest BCUT2D eigenvalue weighted by Gasteiger charge is 2.24. The van der Waals surface area contributed by atoms with Crippen molar-refractivity contribution in [3.63, 3.8) is 0 Å². The van der Waals surface area contributed by atoms with Gasteiger partial charge in [0.25, 0.3) is 0 Å². The molecule has 1 unspecified atom stereocenters. The Hall–Kier alpha value is -1.41. The fraction of sp³-hybridized carbons (Fsp3) is 0.429. The number of hydrogen-bond donors (Lipinski definition) is 1. The van der Waals surface area contributed by atoms with Gasteiger partial charge in [-0.05, 0) is 56.3 Å². The van der Waals surface area contributed by atoms with Crippen LogP contribution < -0.4 is 5.32 Å². The fourth-order valence-electron chi connectivity index (χ4n) is 1.70. The quantitative estimate of drug-likeness (QED) is 0.819. The monoisotopic (exact) mass is 383 g/mol. The van der Waals surface area contributed by atoms with E-state index in [0.29, 0.717) is 5.16 Å². The van der Waals surface area contributed by atoms with Crippen molar-refractivity contribution >= 4 is 39.3 Å². The van der Waals surface area contributed by atoms with Crippen LogP contribution >= 0.6 is 27.7 Å². The highest BCUT2D eigenvalue weighted by Crippen LogP contribution is 2.26. The summed E-state index contributed by atoms with van der Waals surface area (Å²) in [7, 11) is 0. The van der Waals surface area contributed by atoms with Crippen molar-refractivity contribution in [1.82, 2.24) is 20.2 Å². The molecule has 0 saturated heterocycles. The Balaban J connectivity index is 2.05. The maximum absolute atomic E-state index is 12.3. The Bertz CT molecular complexity index is 667. The number of carbonyl (C=O) groups excluding carboxylic acids is 1. The normalized spacial score (nSPS) is 13.0. The molecule has 6 nitrogen and oxygen atoms in total. The van der Waals surface area contributed by atoms with Crippen molar-refractivity contribution in [3.05, 3.63) is 28.7 Å². The summed E-state index contributed by atoms with van der Waals surface area (Å²) >= 11 is 4.72. The molecule has 1 N–H and O–H groups in total. The Morgan fingerprint density at radius 1 is 1.41 bits per heavy atom. The Morgan fingerprint density at radius 2 is 2.14 bits per heavy atom. The summed E-state index contributed by atoms with van der Waals surface area (Å²) in [5.74, 6) is -0.0911. The summed E-state index contributed by atoms with van der Waals surface area (Å²) in [4.78, 5) is 12.3. The predicted octanol–water partition coefficient (Wildman–Crippen LogP) is 3.31. The van der Waals surface area contributed by atoms with E-state index < -0.39 is 0 Å². The number of halogens is 1. The lowest BCUT2D eigenvalue weighted by atomic mass is 10.1. The van der Waals surface area contributed by atoms with Crippen LogP contribution in [0.5, 0.6) is 0 Å². The van der Waals surface area contributed by atoms with Gasteiger partial charge < -0.3 is 5.32 Å². The third-order valence-corrected chi connectivity index (χ3v) is 4.35. The summed E-state index contributed by atoms with van der Waals surface area (Å²) in [5, 5.41) is 14.9. The van der Waals surface area contributed by atoms with Gasteiger partial charge in [0, 0.05) is 10.2 Å². The molecule has 0 bridgehead atoms. The first-order valence-electron chi connectivity index (χ1n) is 6.79. The number of anilines is 1. The Morgan fingerprint density at radius 3 is 2.77 bits per heavy atom. The number of nitrogens with one attached hydrogen (secondary N) is 1. The van der Waals surface area contributed by atoms with Crippen LogP contribution in [0.25, 0.3) is 0 Å². The average Bonchev–Trinajstić information content (AvgIpc) is 2.86. The molecule has 118 valence electrons. The molecule has 0 radical (unpaired) electrons. The van der Waals surface area contributed by atoms with E-state index >= 15 is 0 Å². The minimum absolute atomic E-state index is 0.0911. The third-order valence-electron chi connectivity index (χ3n) is 2.82. The van der Waals surface area contributed by atoms with Crippen molar-refractivity contribution in [2.75, 3.05) is 5.32 Å². The van der Waals surface area contributed by atoms with E-state index in [0.717, 1.165) is 10.2 Å². The van der Waals surface area contributed by atoms with Gasteiger partial charge in [0.05, 0.1) is 10.8 Å². The molecule has 0 aliphatic heterocycles. The maximum Gasteiger partial charge on any atom is 0.237 e. The van der Waals surface area contributed by atoms with Crippen molar-refractivity contribution in [3.8, 4) is 0 Å². The van der Waals surface area contributed by atoms with Crippen molar-refractivity contribution in [1.29, 1.82) is 0 Å². The second-order valence-corrected chi connectivity index (χ2v) is 8.03. The minimum atomic E-state index is -0.314. The van der Waals surface area contributed by atoms with Crippen molar-refractivity contribution < 1.29 is 4.79 Å². The zero-order valence-corrected chi connectivity index (χ0v) is 15.3. The molecule has 1 atom stereocenters. The standard InChI is InChI=1S/C14H18BrN5OS/c1-9(12(21)16-11-7-5-6-10(15)8-11)22-13-17-18-19-20(13)14(2,3)4/h5-9H,1-4H3,(H,16,21). The van der Waals surface area contributed by atoms with Crippen LogP contribution in [0.2, 0.25) is 0 Å². The molecule has 1 aromatic carbocycles. The van der Waals surface area contributed by atoms with E-state index in [1.165, 1.54) is 11.8 Å². The molecule has 22 heavy (non-hydrogen) atoms. The number of amides is 1. The zero-order valence-electron chi connectivity index (χ0n) is 12.9. The average molecular weight is 384 g/mol. The van der Waals surface area contributed by atoms with Gasteiger partial charge in [-0.1, -0.05) is 33.8 Å². The summed E-state index contributed by atoms with van der Waals surface area (Å²) < 4.78 is 2.64. The molecule has 0 aliphatic rings. The van der Waals surface area contributed by atoms with Gasteiger partial charge in [0.1, 0.15) is 0 Å². The van der Waals surface area contributed by atoms with E-state index in [1.807, 2.05) is 52.0 Å². The smallest absolute Gasteiger partial charge is 0.237 e.